The molecule has 0 radical (unpaired) electrons. The number of carbonyl (C=O) groups excluding carboxylic acids is 1. The minimum absolute atomic E-state index is 0.0622. The van der Waals surface area contributed by atoms with Crippen LogP contribution >= 0.6 is 0 Å². The van der Waals surface area contributed by atoms with Gasteiger partial charge in [0, 0.05) is 0 Å². The molecule has 0 spiro atoms. The third kappa shape index (κ3) is 3.69. The monoisotopic (exact) mass is 341 g/mol. The molecule has 0 aromatic heterocycles. The van der Waals surface area contributed by atoms with Crippen LogP contribution in [0.3, 0.4) is 0 Å². The number of ether oxygens (including phenoxy) is 2. The fraction of sp³-hybridized carbons (Fsp3) is 0.467. The van der Waals surface area contributed by atoms with Crippen molar-refractivity contribution >= 4 is 26.2 Å². The van der Waals surface area contributed by atoms with Crippen molar-refractivity contribution in [2.75, 3.05) is 13.2 Å². The van der Waals surface area contributed by atoms with Gasteiger partial charge in [0.25, 0.3) is 0 Å². The molecule has 1 saturated heterocycles. The molecular formula is C15H19NO3Se. The second kappa shape index (κ2) is 7.02. The van der Waals surface area contributed by atoms with Gasteiger partial charge in [0.05, 0.1) is 0 Å². The molecule has 0 bridgehead atoms. The second-order valence-corrected chi connectivity index (χ2v) is 5.86. The van der Waals surface area contributed by atoms with Crippen LogP contribution in [0.25, 0.3) is 0 Å². The van der Waals surface area contributed by atoms with E-state index in [1.807, 2.05) is 30.3 Å². The van der Waals surface area contributed by atoms with E-state index in [4.69, 9.17) is 9.47 Å². The molecule has 0 aliphatic carbocycles. The van der Waals surface area contributed by atoms with Crippen LogP contribution in [0.5, 0.6) is 0 Å². The molecule has 1 amide bonds. The number of rotatable bonds is 5. The van der Waals surface area contributed by atoms with E-state index >= 15 is 0 Å². The fourth-order valence-electron chi connectivity index (χ4n) is 2.11. The van der Waals surface area contributed by atoms with Crippen LogP contribution in [0.2, 0.25) is 0 Å². The van der Waals surface area contributed by atoms with E-state index in [-0.39, 0.29) is 18.6 Å². The number of amides is 1. The molecule has 1 aromatic rings. The van der Waals surface area contributed by atoms with Gasteiger partial charge in [-0.3, -0.25) is 0 Å². The van der Waals surface area contributed by atoms with Crippen LogP contribution in [-0.4, -0.2) is 50.4 Å². The van der Waals surface area contributed by atoms with Gasteiger partial charge in [0.1, 0.15) is 0 Å². The Labute approximate surface area is 127 Å². The van der Waals surface area contributed by atoms with Crippen molar-refractivity contribution in [3.8, 4) is 0 Å². The van der Waals surface area contributed by atoms with E-state index in [1.165, 1.54) is 0 Å². The molecule has 1 heterocycles. The first-order chi connectivity index (χ1) is 9.59. The zero-order valence-electron chi connectivity index (χ0n) is 11.7. The summed E-state index contributed by atoms with van der Waals surface area (Å²) in [4.78, 5) is 13.9. The Morgan fingerprint density at radius 2 is 2.15 bits per heavy atom. The number of nitrogens with zero attached hydrogens (tertiary/aromatic N) is 1. The third-order valence-electron chi connectivity index (χ3n) is 3.28. The van der Waals surface area contributed by atoms with Crippen LogP contribution in [0.15, 0.2) is 30.3 Å². The van der Waals surface area contributed by atoms with Crippen LogP contribution in [-0.2, 0) is 20.9 Å². The number of hydrogen-bond donors (Lipinski definition) is 0. The molecule has 1 aliphatic rings. The topological polar surface area (TPSA) is 38.8 Å². The van der Waals surface area contributed by atoms with E-state index in [0.29, 0.717) is 23.9 Å². The van der Waals surface area contributed by atoms with Gasteiger partial charge in [-0.1, -0.05) is 0 Å². The van der Waals surface area contributed by atoms with Gasteiger partial charge in [-0.15, -0.1) is 0 Å². The summed E-state index contributed by atoms with van der Waals surface area (Å²) >= 11 is 2.81. The normalized spacial score (nSPS) is 18.4. The molecule has 5 heteroatoms. The molecule has 4 nitrogen and oxygen atoms in total. The summed E-state index contributed by atoms with van der Waals surface area (Å²) in [6.45, 7) is 5.21. The first kappa shape index (κ1) is 15.2. The summed E-state index contributed by atoms with van der Waals surface area (Å²) < 4.78 is 11.5. The van der Waals surface area contributed by atoms with Crippen molar-refractivity contribution in [3.63, 3.8) is 0 Å². The quantitative estimate of drug-likeness (QED) is 0.760. The summed E-state index contributed by atoms with van der Waals surface area (Å²) in [6.07, 6.45) is 0. The zero-order valence-corrected chi connectivity index (χ0v) is 13.5. The molecule has 1 aromatic carbocycles. The van der Waals surface area contributed by atoms with E-state index in [1.54, 1.807) is 4.90 Å². The van der Waals surface area contributed by atoms with Crippen molar-refractivity contribution in [2.24, 2.45) is 5.92 Å². The standard InChI is InChI=1S/C15H19NO3Se/c1-11(2)13-9-19-15(20)16(13)14(17)10-18-8-12-6-4-3-5-7-12/h3-7,11,13H,8-10H2,1-2H3/t13-/m1/s1. The molecule has 1 aliphatic heterocycles. The maximum absolute atomic E-state index is 12.2. The van der Waals surface area contributed by atoms with Crippen molar-refractivity contribution < 1.29 is 14.3 Å². The third-order valence-corrected chi connectivity index (χ3v) is 3.94. The number of carbonyl (C=O) groups is 1. The van der Waals surface area contributed by atoms with Gasteiger partial charge in [-0.2, -0.15) is 0 Å². The molecule has 2 rings (SSSR count). The second-order valence-electron chi connectivity index (χ2n) is 5.13. The van der Waals surface area contributed by atoms with Gasteiger partial charge >= 0.3 is 127 Å². The summed E-state index contributed by atoms with van der Waals surface area (Å²) in [6, 6.07) is 9.90. The Hall–Kier alpha value is -1.16. The maximum atomic E-state index is 12.2. The molecule has 0 N–H and O–H groups in total. The number of hydrogen-bond acceptors (Lipinski definition) is 3. The first-order valence-corrected chi connectivity index (χ1v) is 7.55. The van der Waals surface area contributed by atoms with Crippen LogP contribution in [0, 0.1) is 5.92 Å². The van der Waals surface area contributed by atoms with E-state index in [9.17, 15) is 4.79 Å². The van der Waals surface area contributed by atoms with Crippen LogP contribution < -0.4 is 0 Å². The average molecular weight is 340 g/mol. The van der Waals surface area contributed by atoms with Crippen LogP contribution in [0.4, 0.5) is 0 Å². The van der Waals surface area contributed by atoms with Gasteiger partial charge in [-0.25, -0.2) is 0 Å². The number of benzene rings is 1. The van der Waals surface area contributed by atoms with Gasteiger partial charge < -0.3 is 0 Å². The van der Waals surface area contributed by atoms with E-state index in [2.05, 4.69) is 29.4 Å². The van der Waals surface area contributed by atoms with Crippen molar-refractivity contribution in [2.45, 2.75) is 26.5 Å². The first-order valence-electron chi connectivity index (χ1n) is 6.70. The average Bonchev–Trinajstić information content (AvgIpc) is 2.82. The van der Waals surface area contributed by atoms with Crippen molar-refractivity contribution in [3.05, 3.63) is 35.9 Å². The molecule has 1 atom stereocenters. The van der Waals surface area contributed by atoms with Crippen molar-refractivity contribution in [1.29, 1.82) is 0 Å². The summed E-state index contributed by atoms with van der Waals surface area (Å²) in [5, 5.41) is 0. The van der Waals surface area contributed by atoms with Crippen molar-refractivity contribution in [1.82, 2.24) is 4.90 Å². The Morgan fingerprint density at radius 3 is 2.80 bits per heavy atom. The Kier molecular flexibility index (Phi) is 5.35. The molecule has 0 unspecified atom stereocenters. The predicted octanol–water partition coefficient (Wildman–Crippen LogP) is 1.34. The molecule has 0 saturated carbocycles. The van der Waals surface area contributed by atoms with Gasteiger partial charge in [0.2, 0.25) is 0 Å². The molecular weight excluding hydrogens is 321 g/mol. The van der Waals surface area contributed by atoms with Gasteiger partial charge in [-0.05, 0) is 0 Å². The summed E-state index contributed by atoms with van der Waals surface area (Å²) in [7, 11) is 0. The SMILES string of the molecule is CC(C)[C@H]1COC(=[Se])N1C(=O)COCc1ccccc1. The molecule has 20 heavy (non-hydrogen) atoms. The Balaban J connectivity index is 1.86. The molecule has 1 fully saturated rings. The zero-order chi connectivity index (χ0) is 14.5. The predicted molar refractivity (Wildman–Crippen MR) is 78.3 cm³/mol. The molecule has 108 valence electrons. The minimum atomic E-state index is -0.0640. The van der Waals surface area contributed by atoms with Gasteiger partial charge in [0.15, 0.2) is 0 Å². The summed E-state index contributed by atoms with van der Waals surface area (Å²) in [5.74, 6) is 0.282. The van der Waals surface area contributed by atoms with Crippen LogP contribution in [0.1, 0.15) is 19.4 Å². The fourth-order valence-corrected chi connectivity index (χ4v) is 2.75. The van der Waals surface area contributed by atoms with E-state index in [0.717, 1.165) is 5.56 Å². The summed E-state index contributed by atoms with van der Waals surface area (Å²) in [5.41, 5.74) is 1.06. The Bertz CT molecular complexity index is 475. The Morgan fingerprint density at radius 1 is 1.45 bits per heavy atom. The van der Waals surface area contributed by atoms with E-state index < -0.39 is 0 Å².